The van der Waals surface area contributed by atoms with Gasteiger partial charge >= 0.3 is 5.97 Å². The molecule has 0 spiro atoms. The Hall–Kier alpha value is -12.7. The number of carboxylic acids is 1. The molecule has 10 bridgehead atoms. The van der Waals surface area contributed by atoms with Crippen LogP contribution in [0.15, 0.2) is 116 Å². The highest BCUT2D eigenvalue weighted by Gasteiger charge is 2.43. The molecule has 7 aromatic rings. The molecule has 0 aliphatic carbocycles. The minimum atomic E-state index is -1.95. The van der Waals surface area contributed by atoms with E-state index < -0.39 is 228 Å². The van der Waals surface area contributed by atoms with Crippen LogP contribution in [0.25, 0.3) is 21.8 Å². The molecule has 9 heterocycles. The number of ketones is 2. The van der Waals surface area contributed by atoms with Gasteiger partial charge in [-0.1, -0.05) is 71.0 Å². The monoisotopic (exact) mass is 1900 g/mol. The summed E-state index contributed by atoms with van der Waals surface area (Å²) in [5, 5.41) is 46.6. The lowest BCUT2D eigenvalue weighted by molar-refractivity contribution is -0.143. The Morgan fingerprint density at radius 1 is 0.500 bits per heavy atom. The fourth-order valence-corrected chi connectivity index (χ4v) is 19.3. The lowest BCUT2D eigenvalue weighted by Crippen LogP contribution is -2.61. The van der Waals surface area contributed by atoms with Gasteiger partial charge in [0.25, 0.3) is 0 Å². The summed E-state index contributed by atoms with van der Waals surface area (Å²) < 4.78 is 0. The minimum Gasteiger partial charge on any atom is -0.481 e. The molecule has 0 saturated carbocycles. The summed E-state index contributed by atoms with van der Waals surface area (Å²) in [6.45, 7) is 8.96. The number of aromatic amines is 2. The maximum Gasteiger partial charge on any atom is 0.305 e. The van der Waals surface area contributed by atoms with Gasteiger partial charge in [0, 0.05) is 166 Å². The quantitative estimate of drug-likeness (QED) is 0.0722. The highest BCUT2D eigenvalue weighted by atomic mass is 32.2. The first kappa shape index (κ1) is 102. The molecule has 42 heteroatoms. The summed E-state index contributed by atoms with van der Waals surface area (Å²) in [7, 11) is 0. The summed E-state index contributed by atoms with van der Waals surface area (Å²) in [5.41, 5.74) is 17.3. The van der Waals surface area contributed by atoms with Gasteiger partial charge in [-0.3, -0.25) is 96.5 Å². The Morgan fingerprint density at radius 3 is 1.43 bits per heavy atom. The Bertz CT molecular complexity index is 5520. The van der Waals surface area contributed by atoms with Gasteiger partial charge in [0.2, 0.25) is 82.7 Å². The molecule has 4 aliphatic heterocycles. The van der Waals surface area contributed by atoms with Gasteiger partial charge in [0.1, 0.15) is 60.2 Å². The predicted octanol–water partition coefficient (Wildman–Crippen LogP) is 0.993. The van der Waals surface area contributed by atoms with Crippen molar-refractivity contribution in [2.45, 2.75) is 206 Å². The van der Waals surface area contributed by atoms with Gasteiger partial charge in [-0.25, -0.2) is 0 Å². The molecule has 134 heavy (non-hydrogen) atoms. The van der Waals surface area contributed by atoms with Crippen LogP contribution in [0.2, 0.25) is 0 Å². The van der Waals surface area contributed by atoms with E-state index in [1.807, 2.05) is 0 Å². The third-order valence-corrected chi connectivity index (χ3v) is 26.8. The molecule has 13 atom stereocenters. The van der Waals surface area contributed by atoms with E-state index in [1.54, 1.807) is 118 Å². The van der Waals surface area contributed by atoms with E-state index in [9.17, 15) is 58.2 Å². The van der Waals surface area contributed by atoms with Crippen molar-refractivity contribution < 1.29 is 91.7 Å². The Kier molecular flexibility index (Phi) is 36.3. The molecular formula is C92H116N20O19S3. The number of para-hydroxylation sites is 2. The molecule has 716 valence electrons. The number of H-pyrrole nitrogens is 2. The van der Waals surface area contributed by atoms with Crippen LogP contribution in [0, 0.1) is 23.7 Å². The topological polar surface area (TPSA) is 574 Å². The van der Waals surface area contributed by atoms with Gasteiger partial charge in [-0.15, -0.1) is 23.5 Å². The minimum absolute atomic E-state index is 0.0356. The molecule has 11 rings (SSSR count). The number of amides is 14. The summed E-state index contributed by atoms with van der Waals surface area (Å²) in [4.78, 5) is 275. The fraction of sp³-hybridized carbons (Fsp3) is 0.478. The van der Waals surface area contributed by atoms with E-state index in [4.69, 9.17) is 11.5 Å². The summed E-state index contributed by atoms with van der Waals surface area (Å²) >= 11 is 2.86. The van der Waals surface area contributed by atoms with Crippen molar-refractivity contribution in [2.75, 3.05) is 47.6 Å². The fourth-order valence-electron chi connectivity index (χ4n) is 16.3. The Morgan fingerprint density at radius 2 is 0.955 bits per heavy atom. The van der Waals surface area contributed by atoms with Gasteiger partial charge < -0.3 is 99.1 Å². The second-order valence-corrected chi connectivity index (χ2v) is 38.0. The number of aliphatic carboxylic acids is 1. The molecule has 1 fully saturated rings. The average molecular weight is 1900 g/mol. The molecule has 2 aromatic carbocycles. The number of aliphatic hydroxyl groups is 1. The highest BCUT2D eigenvalue weighted by Crippen LogP contribution is 2.29. The van der Waals surface area contributed by atoms with Gasteiger partial charge in [-0.05, 0) is 120 Å². The zero-order valence-electron chi connectivity index (χ0n) is 75.5. The SMILES string of the molecule is CC[C@@H]1CC(=O)[C@H]([C@@H](C)O)NC(=O)[C@@H](CC(=O)[C@H](C)N)CSCC(=O)N2Cc3cncc(c3)CN3Cc4cncc(c4)CN(Cc4cncc(c4)C2)C(=O)CSC[C@H](NC1=O)C(=O)N[C@@H](Cc1c[nH]c2ccccc12)C(=O)N[C@@H](C(C)C)C(=O)N[C@@H](CC(=O)O)C(=O)NCC(=O)N[C@@H](Cc1c[nH]c2ccccc12)C(=O)N[C@@H](C(C)C)C(=O)N1CCC[C@H]1C(=O)N[C@H](C(N)=O)CSCC3=O. The summed E-state index contributed by atoms with van der Waals surface area (Å²) in [5.74, 6) is -20.9. The lowest BCUT2D eigenvalue weighted by atomic mass is 9.92. The molecule has 4 aliphatic rings. The van der Waals surface area contributed by atoms with Crippen molar-refractivity contribution in [3.05, 3.63) is 161 Å². The van der Waals surface area contributed by atoms with E-state index in [2.05, 4.69) is 72.8 Å². The molecule has 14 amide bonds. The van der Waals surface area contributed by atoms with E-state index >= 15 is 33.6 Å². The molecular weight excluding hydrogens is 1790 g/mol. The maximum absolute atomic E-state index is 15.7. The number of nitrogens with two attached hydrogens (primary N) is 2. The Labute approximate surface area is 786 Å². The number of carbonyl (C=O) groups excluding carboxylic acids is 16. The standard InChI is InChI=1S/C92H116N20O19S3/c1-8-59-25-74(115)82(52(7)113)108-85(124)62(26-73(114)51(6)93)43-132-46-76(117)109-37-53-20-55(30-95-28-53)39-110-40-56-22-58(33-97-31-56)42-111(41-57-21-54(38-109)29-96-32-57)78(119)48-134-45-71(105-84(59)123)89(128)102-68(24-61-35-99-66-17-12-10-15-64(61)66)88(127)106-80(49(2)3)91(130)103-69(27-79(120)121)86(125)100-36-75(116)101-67(23-60-34-98-65-16-11-9-14-63(60)65)87(126)107-81(50(4)5)92(131)112-19-13-18-72(112)90(129)104-70(83(94)122)44-133-47-77(110)118/h9-12,14-17,20-22,28-35,49-52,59,62,67-72,80-82,98-99,113H,8,13,18-19,23-27,36-48,93H2,1-7H3,(H2,94,122)(H,100,125)(H,101,116)(H,102,128)(H,103,130)(H,104,129)(H,105,123)(H,106,127)(H,107,126)(H,108,124)(H,120,121)/t51-,52+,59+,62-,67-,68-,69-,70-,71-,72-,80-,81-,82-/m0/s1. The van der Waals surface area contributed by atoms with Gasteiger partial charge in [0.05, 0.1) is 48.3 Å². The second kappa shape index (κ2) is 47.8. The molecule has 0 unspecified atom stereocenters. The number of carboxylic acid groups (broad SMARTS) is 1. The largest absolute Gasteiger partial charge is 0.481 e. The number of pyridine rings is 3. The number of primary amides is 1. The zero-order valence-corrected chi connectivity index (χ0v) is 78.0. The predicted molar refractivity (Wildman–Crippen MR) is 498 cm³/mol. The van der Waals surface area contributed by atoms with Gasteiger partial charge in [0.15, 0.2) is 5.78 Å². The first-order valence-corrected chi connectivity index (χ1v) is 47.9. The number of fused-ring (bicyclic) bond motifs is 11. The number of carbonyl (C=O) groups is 17. The van der Waals surface area contributed by atoms with Crippen molar-refractivity contribution in [3.63, 3.8) is 0 Å². The van der Waals surface area contributed by atoms with Crippen LogP contribution in [-0.2, 0) is 134 Å². The van der Waals surface area contributed by atoms with Crippen molar-refractivity contribution in [1.82, 2.24) is 92.4 Å². The first-order chi connectivity index (χ1) is 64.0. The number of hydrogen-bond acceptors (Lipinski definition) is 25. The third kappa shape index (κ3) is 28.0. The normalized spacial score (nSPS) is 23.9. The first-order valence-electron chi connectivity index (χ1n) is 44.4. The number of nitrogens with one attached hydrogen (secondary N) is 11. The van der Waals surface area contributed by atoms with Crippen LogP contribution in [0.4, 0.5) is 0 Å². The molecule has 0 radical (unpaired) electrons. The van der Waals surface area contributed by atoms with Crippen LogP contribution >= 0.6 is 35.3 Å². The highest BCUT2D eigenvalue weighted by molar-refractivity contribution is 8.00. The van der Waals surface area contributed by atoms with Crippen molar-refractivity contribution in [2.24, 2.45) is 35.1 Å². The Balaban J connectivity index is 1.00. The number of aromatic nitrogens is 5. The van der Waals surface area contributed by atoms with Crippen LogP contribution in [0.3, 0.4) is 0 Å². The van der Waals surface area contributed by atoms with Crippen LogP contribution in [-0.4, -0.2) is 269 Å². The molecule has 39 nitrogen and oxygen atoms in total. The van der Waals surface area contributed by atoms with Crippen molar-refractivity contribution in [1.29, 1.82) is 0 Å². The summed E-state index contributed by atoms with van der Waals surface area (Å²) in [6, 6.07) is 4.20. The number of benzene rings is 2. The van der Waals surface area contributed by atoms with E-state index in [-0.39, 0.29) is 94.5 Å². The molecule has 1 saturated heterocycles. The smallest absolute Gasteiger partial charge is 0.305 e. The van der Waals surface area contributed by atoms with Crippen LogP contribution < -0.4 is 59.3 Å². The van der Waals surface area contributed by atoms with Crippen molar-refractivity contribution in [3.8, 4) is 0 Å². The second-order valence-electron chi connectivity index (χ2n) is 34.9. The number of thioether (sulfide) groups is 3. The van der Waals surface area contributed by atoms with Gasteiger partial charge in [-0.2, -0.15) is 11.8 Å². The number of aliphatic hydroxyl groups excluding tert-OH is 1. The zero-order chi connectivity index (χ0) is 96.7. The molecule has 17 N–H and O–H groups in total. The number of nitrogens with zero attached hydrogens (tertiary/aromatic N) is 7. The lowest BCUT2D eigenvalue weighted by Gasteiger charge is -2.32. The van der Waals surface area contributed by atoms with Crippen molar-refractivity contribution >= 4 is 157 Å². The summed E-state index contributed by atoms with van der Waals surface area (Å²) in [6.07, 6.45) is 8.45. The average Bonchev–Trinajstić information content (AvgIpc) is 1.67. The third-order valence-electron chi connectivity index (χ3n) is 23.7. The number of hydrogen-bond donors (Lipinski definition) is 15. The van der Waals surface area contributed by atoms with E-state index in [0.717, 1.165) is 35.3 Å². The maximum atomic E-state index is 15.7. The number of rotatable bonds is 14. The van der Waals surface area contributed by atoms with E-state index in [0.29, 0.717) is 72.7 Å². The van der Waals surface area contributed by atoms with Crippen LogP contribution in [0.5, 0.6) is 0 Å². The van der Waals surface area contributed by atoms with E-state index in [1.165, 1.54) is 65.9 Å². The number of Topliss-reactive ketones (excluding diaryl/α,β-unsaturated/α-hetero) is 2. The molecule has 5 aromatic heterocycles. The van der Waals surface area contributed by atoms with Crippen LogP contribution in [0.1, 0.15) is 131 Å².